The van der Waals surface area contributed by atoms with E-state index in [9.17, 15) is 0 Å². The fraction of sp³-hybridized carbons (Fsp3) is 0.0141. The number of anilines is 3. The lowest BCUT2D eigenvalue weighted by molar-refractivity contribution is 0.670. The number of para-hydroxylation sites is 4. The molecule has 1 heterocycles. The van der Waals surface area contributed by atoms with E-state index in [0.717, 1.165) is 61.3 Å². The fourth-order valence-corrected chi connectivity index (χ4v) is 12.0. The molecule has 0 fully saturated rings. The van der Waals surface area contributed by atoms with Gasteiger partial charge in [-0.25, -0.2) is 0 Å². The summed E-state index contributed by atoms with van der Waals surface area (Å²) in [5, 5.41) is 4.63. The second kappa shape index (κ2) is 17.4. The third-order valence-corrected chi connectivity index (χ3v) is 15.2. The van der Waals surface area contributed by atoms with Crippen molar-refractivity contribution in [2.75, 3.05) is 4.90 Å². The maximum absolute atomic E-state index is 6.75. The van der Waals surface area contributed by atoms with Crippen molar-refractivity contribution in [3.8, 4) is 55.6 Å². The monoisotopic (exact) mass is 929 g/mol. The summed E-state index contributed by atoms with van der Waals surface area (Å²) in [5.74, 6) is 0. The smallest absolute Gasteiger partial charge is 0.143 e. The summed E-state index contributed by atoms with van der Waals surface area (Å²) < 4.78 is 6.75. The summed E-state index contributed by atoms with van der Waals surface area (Å²) in [6.07, 6.45) is 0. The van der Waals surface area contributed by atoms with Gasteiger partial charge in [-0.2, -0.15) is 0 Å². The Kier molecular flexibility index (Phi) is 10.1. The van der Waals surface area contributed by atoms with Gasteiger partial charge < -0.3 is 9.32 Å². The van der Waals surface area contributed by atoms with Gasteiger partial charge in [0.1, 0.15) is 11.2 Å². The molecular formula is C71H47NO. The quantitative estimate of drug-likeness (QED) is 0.143. The molecule has 1 aromatic heterocycles. The first-order valence-corrected chi connectivity index (χ1v) is 25.2. The van der Waals surface area contributed by atoms with Crippen LogP contribution in [0, 0.1) is 0 Å². The van der Waals surface area contributed by atoms with Crippen molar-refractivity contribution in [2.24, 2.45) is 0 Å². The molecule has 0 spiro atoms. The van der Waals surface area contributed by atoms with Gasteiger partial charge in [0, 0.05) is 33.2 Å². The number of fused-ring (bicyclic) bond motifs is 7. The Labute approximate surface area is 425 Å². The van der Waals surface area contributed by atoms with Crippen molar-refractivity contribution in [2.45, 2.75) is 5.41 Å². The number of hydrogen-bond acceptors (Lipinski definition) is 2. The van der Waals surface area contributed by atoms with Crippen LogP contribution < -0.4 is 4.90 Å². The predicted octanol–water partition coefficient (Wildman–Crippen LogP) is 19.2. The van der Waals surface area contributed by atoms with Crippen LogP contribution in [0.15, 0.2) is 290 Å². The van der Waals surface area contributed by atoms with Crippen LogP contribution in [0.4, 0.5) is 17.1 Å². The highest BCUT2D eigenvalue weighted by atomic mass is 16.3. The van der Waals surface area contributed by atoms with Gasteiger partial charge in [0.15, 0.2) is 0 Å². The molecule has 12 aromatic carbocycles. The highest BCUT2D eigenvalue weighted by Crippen LogP contribution is 2.57. The Bertz CT molecular complexity index is 4150. The standard InChI is InChI=1S/C71H47NO/c1-4-21-49(22-5-1)55-33-18-23-50-24-19-34-61(69(50)55)58-30-11-15-38-66(58)72(67-39-16-12-31-59(67)62-35-20-36-63-60-32-13-17-40-68(60)73-70(62)63)54-44-41-48(42-45-54)51-43-46-57-56-29-10-14-37-64(56)71(65(57)47-51,52-25-6-2-7-26-52)53-27-8-3-9-28-53/h1-47H. The van der Waals surface area contributed by atoms with Crippen molar-refractivity contribution in [1.82, 2.24) is 0 Å². The number of hydrogen-bond donors (Lipinski definition) is 0. The maximum Gasteiger partial charge on any atom is 0.143 e. The summed E-state index contributed by atoms with van der Waals surface area (Å²) in [5.41, 5.74) is 21.2. The number of furan rings is 1. The van der Waals surface area contributed by atoms with Gasteiger partial charge in [0.2, 0.25) is 0 Å². The lowest BCUT2D eigenvalue weighted by Crippen LogP contribution is -2.28. The molecule has 13 aromatic rings. The Morgan fingerprint density at radius 1 is 0.301 bits per heavy atom. The first-order chi connectivity index (χ1) is 36.2. The third kappa shape index (κ3) is 6.79. The average Bonchev–Trinajstić information content (AvgIpc) is 4.04. The normalized spacial score (nSPS) is 12.5. The molecule has 342 valence electrons. The molecule has 0 N–H and O–H groups in total. The van der Waals surface area contributed by atoms with Crippen LogP contribution in [0.5, 0.6) is 0 Å². The van der Waals surface area contributed by atoms with E-state index < -0.39 is 5.41 Å². The minimum atomic E-state index is -0.487. The van der Waals surface area contributed by atoms with E-state index in [0.29, 0.717) is 0 Å². The van der Waals surface area contributed by atoms with E-state index in [-0.39, 0.29) is 0 Å². The van der Waals surface area contributed by atoms with Crippen LogP contribution in [-0.4, -0.2) is 0 Å². The van der Waals surface area contributed by atoms with Crippen molar-refractivity contribution in [1.29, 1.82) is 0 Å². The van der Waals surface area contributed by atoms with E-state index in [1.54, 1.807) is 0 Å². The van der Waals surface area contributed by atoms with Gasteiger partial charge in [-0.15, -0.1) is 0 Å². The molecule has 1 aliphatic rings. The van der Waals surface area contributed by atoms with Gasteiger partial charge in [-0.05, 0) is 108 Å². The van der Waals surface area contributed by atoms with E-state index >= 15 is 0 Å². The van der Waals surface area contributed by atoms with Crippen LogP contribution in [0.25, 0.3) is 88.3 Å². The van der Waals surface area contributed by atoms with E-state index in [1.807, 2.05) is 6.07 Å². The molecule has 0 bridgehead atoms. The van der Waals surface area contributed by atoms with Crippen LogP contribution >= 0.6 is 0 Å². The minimum Gasteiger partial charge on any atom is -0.455 e. The predicted molar refractivity (Wildman–Crippen MR) is 305 cm³/mol. The van der Waals surface area contributed by atoms with Crippen LogP contribution in [0.2, 0.25) is 0 Å². The highest BCUT2D eigenvalue weighted by Gasteiger charge is 2.46. The largest absolute Gasteiger partial charge is 0.455 e. The van der Waals surface area contributed by atoms with Crippen molar-refractivity contribution in [3.63, 3.8) is 0 Å². The van der Waals surface area contributed by atoms with Gasteiger partial charge in [-0.3, -0.25) is 0 Å². The van der Waals surface area contributed by atoms with Crippen LogP contribution in [0.3, 0.4) is 0 Å². The molecule has 0 saturated carbocycles. The maximum atomic E-state index is 6.75. The lowest BCUT2D eigenvalue weighted by atomic mass is 9.67. The number of nitrogens with zero attached hydrogens (tertiary/aromatic N) is 1. The van der Waals surface area contributed by atoms with Gasteiger partial charge in [-0.1, -0.05) is 249 Å². The molecule has 0 atom stereocenters. The first-order valence-electron chi connectivity index (χ1n) is 25.2. The summed E-state index contributed by atoms with van der Waals surface area (Å²) in [6, 6.07) is 104. The van der Waals surface area contributed by atoms with E-state index in [1.165, 1.54) is 66.4 Å². The van der Waals surface area contributed by atoms with Crippen LogP contribution in [0.1, 0.15) is 22.3 Å². The molecule has 1 aliphatic carbocycles. The second-order valence-electron chi connectivity index (χ2n) is 19.1. The fourth-order valence-electron chi connectivity index (χ4n) is 12.0. The molecule has 73 heavy (non-hydrogen) atoms. The molecule has 2 heteroatoms. The molecule has 2 nitrogen and oxygen atoms in total. The molecule has 0 amide bonds. The van der Waals surface area contributed by atoms with Gasteiger partial charge >= 0.3 is 0 Å². The summed E-state index contributed by atoms with van der Waals surface area (Å²) >= 11 is 0. The Morgan fingerprint density at radius 3 is 1.52 bits per heavy atom. The van der Waals surface area contributed by atoms with E-state index in [2.05, 4.69) is 284 Å². The Morgan fingerprint density at radius 2 is 0.808 bits per heavy atom. The van der Waals surface area contributed by atoms with Crippen molar-refractivity contribution in [3.05, 3.63) is 307 Å². The zero-order chi connectivity index (χ0) is 48.3. The molecule has 14 rings (SSSR count). The summed E-state index contributed by atoms with van der Waals surface area (Å²) in [6.45, 7) is 0. The molecule has 0 aliphatic heterocycles. The van der Waals surface area contributed by atoms with Gasteiger partial charge in [0.05, 0.1) is 16.8 Å². The minimum absolute atomic E-state index is 0.487. The van der Waals surface area contributed by atoms with Crippen molar-refractivity contribution >= 4 is 49.8 Å². The lowest BCUT2D eigenvalue weighted by Gasteiger charge is -2.34. The highest BCUT2D eigenvalue weighted by molar-refractivity contribution is 6.12. The molecular weight excluding hydrogens is 883 g/mol. The SMILES string of the molecule is c1ccc(-c2cccc3cccc(-c4ccccc4N(c4ccc(-c5ccc6c(c5)C(c5ccccc5)(c5ccccc5)c5ccccc5-6)cc4)c4ccccc4-c4cccc5c4oc4ccccc45)c23)cc1. The molecule has 0 radical (unpaired) electrons. The second-order valence-corrected chi connectivity index (χ2v) is 19.1. The Balaban J connectivity index is 0.970. The number of benzene rings is 12. The average molecular weight is 930 g/mol. The number of rotatable bonds is 9. The zero-order valence-corrected chi connectivity index (χ0v) is 40.0. The summed E-state index contributed by atoms with van der Waals surface area (Å²) in [4.78, 5) is 2.45. The zero-order valence-electron chi connectivity index (χ0n) is 40.0. The molecule has 0 saturated heterocycles. The van der Waals surface area contributed by atoms with Crippen molar-refractivity contribution < 1.29 is 4.42 Å². The summed E-state index contributed by atoms with van der Waals surface area (Å²) in [7, 11) is 0. The van der Waals surface area contributed by atoms with Gasteiger partial charge in [0.25, 0.3) is 0 Å². The topological polar surface area (TPSA) is 16.4 Å². The molecule has 0 unspecified atom stereocenters. The third-order valence-electron chi connectivity index (χ3n) is 15.2. The van der Waals surface area contributed by atoms with E-state index in [4.69, 9.17) is 4.42 Å². The first kappa shape index (κ1) is 42.4. The Hall–Kier alpha value is -9.50. The van der Waals surface area contributed by atoms with Crippen LogP contribution in [-0.2, 0) is 5.41 Å².